The first kappa shape index (κ1) is 13.7. The fraction of sp³-hybridized carbons (Fsp3) is 0.417. The molecule has 0 spiro atoms. The second-order valence-corrected chi connectivity index (χ2v) is 4.76. The van der Waals surface area contributed by atoms with Gasteiger partial charge in [0.1, 0.15) is 0 Å². The molecule has 5 nitrogen and oxygen atoms in total. The van der Waals surface area contributed by atoms with E-state index in [-0.39, 0.29) is 5.88 Å². The first-order valence-corrected chi connectivity index (χ1v) is 6.84. The number of anilines is 1. The van der Waals surface area contributed by atoms with E-state index in [4.69, 9.17) is 4.74 Å². The van der Waals surface area contributed by atoms with E-state index in [1.807, 2.05) is 0 Å². The van der Waals surface area contributed by atoms with Crippen LogP contribution in [0.4, 0.5) is 10.3 Å². The molecule has 102 valence electrons. The molecule has 0 saturated carbocycles. The van der Waals surface area contributed by atoms with Crippen LogP contribution in [0.3, 0.4) is 0 Å². The van der Waals surface area contributed by atoms with Crippen molar-refractivity contribution in [2.75, 3.05) is 19.0 Å². The highest BCUT2D eigenvalue weighted by molar-refractivity contribution is 7.09. The standard InChI is InChI=1S/C12H15FN4OS/c1-3-8-7-19-10(16-8)4-5-14-12-15-6-9(13)11(17-12)18-2/h6-7H,3-5H2,1-2H3,(H,14,15,17). The topological polar surface area (TPSA) is 59.9 Å². The van der Waals surface area contributed by atoms with Gasteiger partial charge < -0.3 is 10.1 Å². The Kier molecular flexibility index (Phi) is 4.62. The summed E-state index contributed by atoms with van der Waals surface area (Å²) in [5, 5.41) is 6.15. The maximum Gasteiger partial charge on any atom is 0.255 e. The Bertz CT molecular complexity index is 546. The van der Waals surface area contributed by atoms with Crippen molar-refractivity contribution >= 4 is 17.3 Å². The summed E-state index contributed by atoms with van der Waals surface area (Å²) >= 11 is 1.64. The Labute approximate surface area is 114 Å². The molecular formula is C12H15FN4OS. The Morgan fingerprint density at radius 1 is 1.42 bits per heavy atom. The predicted octanol–water partition coefficient (Wildman–Crippen LogP) is 2.30. The lowest BCUT2D eigenvalue weighted by molar-refractivity contribution is 0.368. The molecule has 0 aliphatic heterocycles. The van der Waals surface area contributed by atoms with Gasteiger partial charge in [-0.2, -0.15) is 9.37 Å². The number of hydrogen-bond donors (Lipinski definition) is 1. The Morgan fingerprint density at radius 3 is 2.95 bits per heavy atom. The van der Waals surface area contributed by atoms with Gasteiger partial charge in [-0.25, -0.2) is 9.97 Å². The summed E-state index contributed by atoms with van der Waals surface area (Å²) < 4.78 is 17.9. The van der Waals surface area contributed by atoms with Crippen molar-refractivity contribution < 1.29 is 9.13 Å². The van der Waals surface area contributed by atoms with E-state index in [0.717, 1.165) is 29.7 Å². The lowest BCUT2D eigenvalue weighted by atomic mass is 10.4. The number of ether oxygens (including phenoxy) is 1. The quantitative estimate of drug-likeness (QED) is 0.881. The van der Waals surface area contributed by atoms with Crippen LogP contribution in [0.5, 0.6) is 5.88 Å². The van der Waals surface area contributed by atoms with E-state index < -0.39 is 5.82 Å². The van der Waals surface area contributed by atoms with Gasteiger partial charge in [-0.05, 0) is 6.42 Å². The van der Waals surface area contributed by atoms with Gasteiger partial charge in [0.15, 0.2) is 0 Å². The molecule has 2 aromatic rings. The normalized spacial score (nSPS) is 10.5. The highest BCUT2D eigenvalue weighted by Gasteiger charge is 2.06. The Balaban J connectivity index is 1.88. The summed E-state index contributed by atoms with van der Waals surface area (Å²) in [5.41, 5.74) is 1.11. The minimum atomic E-state index is -0.569. The molecule has 0 aliphatic carbocycles. The highest BCUT2D eigenvalue weighted by atomic mass is 32.1. The summed E-state index contributed by atoms with van der Waals surface area (Å²) in [4.78, 5) is 12.2. The van der Waals surface area contributed by atoms with Crippen LogP contribution in [0.1, 0.15) is 17.6 Å². The fourth-order valence-corrected chi connectivity index (χ4v) is 2.37. The molecule has 0 atom stereocenters. The number of methoxy groups -OCH3 is 1. The van der Waals surface area contributed by atoms with E-state index in [1.54, 1.807) is 11.3 Å². The van der Waals surface area contributed by atoms with Crippen molar-refractivity contribution in [3.05, 3.63) is 28.1 Å². The van der Waals surface area contributed by atoms with Crippen LogP contribution in [0.15, 0.2) is 11.6 Å². The van der Waals surface area contributed by atoms with Crippen molar-refractivity contribution in [1.29, 1.82) is 0 Å². The smallest absolute Gasteiger partial charge is 0.255 e. The summed E-state index contributed by atoms with van der Waals surface area (Å²) in [6, 6.07) is 0. The van der Waals surface area contributed by atoms with Crippen LogP contribution in [-0.2, 0) is 12.8 Å². The molecule has 0 fully saturated rings. The number of nitrogens with zero attached hydrogens (tertiary/aromatic N) is 3. The minimum absolute atomic E-state index is 0.0555. The van der Waals surface area contributed by atoms with Crippen LogP contribution in [0, 0.1) is 5.82 Å². The maximum absolute atomic E-state index is 13.1. The van der Waals surface area contributed by atoms with Gasteiger partial charge in [0.2, 0.25) is 11.8 Å². The van der Waals surface area contributed by atoms with Crippen LogP contribution in [0.2, 0.25) is 0 Å². The van der Waals surface area contributed by atoms with Crippen molar-refractivity contribution in [3.63, 3.8) is 0 Å². The number of aryl methyl sites for hydroxylation is 1. The minimum Gasteiger partial charge on any atom is -0.479 e. The second kappa shape index (κ2) is 6.42. The average molecular weight is 282 g/mol. The largest absolute Gasteiger partial charge is 0.479 e. The van der Waals surface area contributed by atoms with Crippen LogP contribution in [-0.4, -0.2) is 28.6 Å². The summed E-state index contributed by atoms with van der Waals surface area (Å²) in [5.74, 6) is -0.272. The number of thiazole rings is 1. The number of rotatable bonds is 6. The van der Waals surface area contributed by atoms with Crippen LogP contribution in [0.25, 0.3) is 0 Å². The van der Waals surface area contributed by atoms with Gasteiger partial charge >= 0.3 is 0 Å². The molecule has 2 rings (SSSR count). The molecule has 19 heavy (non-hydrogen) atoms. The van der Waals surface area contributed by atoms with Crippen LogP contribution < -0.4 is 10.1 Å². The Morgan fingerprint density at radius 2 is 2.26 bits per heavy atom. The highest BCUT2D eigenvalue weighted by Crippen LogP contribution is 2.14. The molecule has 2 aromatic heterocycles. The van der Waals surface area contributed by atoms with E-state index >= 15 is 0 Å². The van der Waals surface area contributed by atoms with Gasteiger partial charge in [-0.15, -0.1) is 11.3 Å². The molecule has 7 heteroatoms. The molecule has 0 aromatic carbocycles. The van der Waals surface area contributed by atoms with Crippen molar-refractivity contribution in [2.24, 2.45) is 0 Å². The van der Waals surface area contributed by atoms with Gasteiger partial charge in [0.25, 0.3) is 5.88 Å². The first-order chi connectivity index (χ1) is 9.22. The van der Waals surface area contributed by atoms with Gasteiger partial charge in [-0.1, -0.05) is 6.92 Å². The maximum atomic E-state index is 13.1. The molecular weight excluding hydrogens is 267 g/mol. The van der Waals surface area contributed by atoms with Crippen molar-refractivity contribution in [1.82, 2.24) is 15.0 Å². The molecule has 0 saturated heterocycles. The Hall–Kier alpha value is -1.76. The predicted molar refractivity (Wildman–Crippen MR) is 72.2 cm³/mol. The molecule has 0 radical (unpaired) electrons. The van der Waals surface area contributed by atoms with Gasteiger partial charge in [0, 0.05) is 18.3 Å². The monoisotopic (exact) mass is 282 g/mol. The molecule has 0 amide bonds. The van der Waals surface area contributed by atoms with E-state index in [1.165, 1.54) is 7.11 Å². The van der Waals surface area contributed by atoms with Crippen molar-refractivity contribution in [3.8, 4) is 5.88 Å². The molecule has 0 bridgehead atoms. The van der Waals surface area contributed by atoms with Crippen LogP contribution >= 0.6 is 11.3 Å². The summed E-state index contributed by atoms with van der Waals surface area (Å²) in [6.07, 6.45) is 2.82. The summed E-state index contributed by atoms with van der Waals surface area (Å²) in [6.45, 7) is 2.72. The third-order valence-electron chi connectivity index (χ3n) is 2.49. The average Bonchev–Trinajstić information content (AvgIpc) is 2.88. The number of hydrogen-bond acceptors (Lipinski definition) is 6. The van der Waals surface area contributed by atoms with Crippen molar-refractivity contribution in [2.45, 2.75) is 19.8 Å². The number of nitrogens with one attached hydrogen (secondary N) is 1. The summed E-state index contributed by atoms with van der Waals surface area (Å²) in [7, 11) is 1.37. The molecule has 0 unspecified atom stereocenters. The molecule has 1 N–H and O–H groups in total. The zero-order valence-corrected chi connectivity index (χ0v) is 11.6. The van der Waals surface area contributed by atoms with E-state index in [0.29, 0.717) is 12.5 Å². The number of halogens is 1. The second-order valence-electron chi connectivity index (χ2n) is 3.81. The number of aromatic nitrogens is 3. The zero-order valence-electron chi connectivity index (χ0n) is 10.8. The fourth-order valence-electron chi connectivity index (χ4n) is 1.49. The lowest BCUT2D eigenvalue weighted by Crippen LogP contribution is -2.09. The van der Waals surface area contributed by atoms with E-state index in [2.05, 4.69) is 32.6 Å². The van der Waals surface area contributed by atoms with Gasteiger partial charge in [-0.3, -0.25) is 0 Å². The van der Waals surface area contributed by atoms with Gasteiger partial charge in [0.05, 0.1) is 24.0 Å². The lowest BCUT2D eigenvalue weighted by Gasteiger charge is -2.05. The zero-order chi connectivity index (χ0) is 13.7. The third-order valence-corrected chi connectivity index (χ3v) is 3.45. The first-order valence-electron chi connectivity index (χ1n) is 5.96. The third kappa shape index (κ3) is 3.60. The SMILES string of the molecule is CCc1csc(CCNc2ncc(F)c(OC)n2)n1. The molecule has 2 heterocycles. The molecule has 0 aliphatic rings. The van der Waals surface area contributed by atoms with E-state index in [9.17, 15) is 4.39 Å².